The number of aromatic nitrogens is 2. The fourth-order valence-corrected chi connectivity index (χ4v) is 3.23. The van der Waals surface area contributed by atoms with Crippen LogP contribution in [0, 0.1) is 11.2 Å². The number of halogens is 1. The highest BCUT2D eigenvalue weighted by molar-refractivity contribution is 6.01. The summed E-state index contributed by atoms with van der Waals surface area (Å²) in [4.78, 5) is 18.5. The first kappa shape index (κ1) is 17.1. The number of H-pyrrole nitrogens is 1. The predicted molar refractivity (Wildman–Crippen MR) is 93.3 cm³/mol. The number of carbonyl (C=O) groups is 1. The van der Waals surface area contributed by atoms with E-state index >= 15 is 0 Å². The van der Waals surface area contributed by atoms with Crippen LogP contribution in [0.5, 0.6) is 0 Å². The summed E-state index contributed by atoms with van der Waals surface area (Å²) in [6.45, 7) is 5.29. The number of nitrogens with two attached hydrogens (primary N) is 1. The van der Waals surface area contributed by atoms with Crippen molar-refractivity contribution >= 4 is 11.9 Å². The molecule has 0 fully saturated rings. The van der Waals surface area contributed by atoms with Gasteiger partial charge in [0, 0.05) is 30.9 Å². The smallest absolute Gasteiger partial charge is 0.237 e. The molecule has 0 radical (unpaired) electrons. The lowest BCUT2D eigenvalue weighted by Gasteiger charge is -2.46. The highest BCUT2D eigenvalue weighted by Gasteiger charge is 2.53. The number of rotatable bonds is 3. The Balaban J connectivity index is 2.12. The third-order valence-electron chi connectivity index (χ3n) is 5.25. The number of nitrogens with zero attached hydrogens (tertiary/aromatic N) is 3. The van der Waals surface area contributed by atoms with Crippen molar-refractivity contribution in [1.29, 1.82) is 0 Å². The van der Waals surface area contributed by atoms with E-state index in [4.69, 9.17) is 5.73 Å². The van der Waals surface area contributed by atoms with Crippen LogP contribution >= 0.6 is 0 Å². The molecule has 0 bridgehead atoms. The molecule has 132 valence electrons. The molecule has 1 aromatic carbocycles. The third-order valence-corrected chi connectivity index (χ3v) is 5.25. The van der Waals surface area contributed by atoms with Crippen LogP contribution in [-0.2, 0) is 16.8 Å². The molecule has 1 aliphatic rings. The number of aliphatic imine (C=N–C) groups is 1. The summed E-state index contributed by atoms with van der Waals surface area (Å²) >= 11 is 0. The topological polar surface area (TPSA) is 87.4 Å². The van der Waals surface area contributed by atoms with Gasteiger partial charge in [-0.15, -0.1) is 0 Å². The van der Waals surface area contributed by atoms with Gasteiger partial charge in [-0.2, -0.15) is 5.10 Å². The van der Waals surface area contributed by atoms with Gasteiger partial charge in [0.1, 0.15) is 11.4 Å². The first-order chi connectivity index (χ1) is 11.7. The Morgan fingerprint density at radius 3 is 2.64 bits per heavy atom. The van der Waals surface area contributed by atoms with E-state index in [1.807, 2.05) is 6.07 Å². The molecule has 0 aliphatic carbocycles. The number of benzene rings is 1. The fraction of sp³-hybridized carbons (Fsp3) is 0.389. The standard InChI is InChI=1S/C18H22FN5O/c1-17(2)15(25)24(4)16(20)22-18(17,3)13-10-11(5-6-14(13)19)9-12-7-8-21-23-12/h5-8,10H,9H2,1-4H3,(H2,20,22)(H,21,23)/t18-/m1/s1. The second-order valence-electron chi connectivity index (χ2n) is 7.10. The number of amides is 1. The molecule has 0 spiro atoms. The molecule has 0 unspecified atom stereocenters. The Bertz CT molecular complexity index is 843. The Morgan fingerprint density at radius 1 is 1.28 bits per heavy atom. The molecule has 3 N–H and O–H groups in total. The second-order valence-corrected chi connectivity index (χ2v) is 7.10. The minimum absolute atomic E-state index is 0.0881. The molecule has 25 heavy (non-hydrogen) atoms. The molecular weight excluding hydrogens is 321 g/mol. The number of hydrogen-bond acceptors (Lipinski definition) is 4. The van der Waals surface area contributed by atoms with Crippen LogP contribution in [0.25, 0.3) is 0 Å². The average Bonchev–Trinajstić information content (AvgIpc) is 3.06. The van der Waals surface area contributed by atoms with E-state index < -0.39 is 16.8 Å². The summed E-state index contributed by atoms with van der Waals surface area (Å²) in [5.74, 6) is -0.510. The van der Waals surface area contributed by atoms with Crippen LogP contribution in [0.15, 0.2) is 35.5 Å². The molecule has 6 nitrogen and oxygen atoms in total. The van der Waals surface area contributed by atoms with Crippen molar-refractivity contribution in [2.45, 2.75) is 32.7 Å². The molecule has 2 aromatic rings. The van der Waals surface area contributed by atoms with Gasteiger partial charge in [0.15, 0.2) is 5.96 Å². The minimum Gasteiger partial charge on any atom is -0.369 e. The van der Waals surface area contributed by atoms with Gasteiger partial charge >= 0.3 is 0 Å². The van der Waals surface area contributed by atoms with Crippen molar-refractivity contribution < 1.29 is 9.18 Å². The molecule has 0 saturated heterocycles. The van der Waals surface area contributed by atoms with Gasteiger partial charge in [0.2, 0.25) is 5.91 Å². The molecule has 2 heterocycles. The lowest BCUT2D eigenvalue weighted by molar-refractivity contribution is -0.140. The summed E-state index contributed by atoms with van der Waals surface area (Å²) < 4.78 is 14.7. The Morgan fingerprint density at radius 2 is 2.00 bits per heavy atom. The van der Waals surface area contributed by atoms with Gasteiger partial charge in [0.25, 0.3) is 0 Å². The van der Waals surface area contributed by atoms with Crippen molar-refractivity contribution in [2.24, 2.45) is 16.1 Å². The van der Waals surface area contributed by atoms with Gasteiger partial charge in [-0.25, -0.2) is 9.38 Å². The lowest BCUT2D eigenvalue weighted by atomic mass is 9.67. The maximum atomic E-state index is 14.7. The van der Waals surface area contributed by atoms with Crippen molar-refractivity contribution in [3.8, 4) is 0 Å². The molecule has 0 saturated carbocycles. The molecule has 1 aromatic heterocycles. The van der Waals surface area contributed by atoms with E-state index in [-0.39, 0.29) is 11.9 Å². The first-order valence-corrected chi connectivity index (χ1v) is 8.07. The molecule has 1 atom stereocenters. The number of nitrogens with one attached hydrogen (secondary N) is 1. The zero-order chi connectivity index (χ0) is 18.4. The maximum absolute atomic E-state index is 14.7. The SMILES string of the molecule is CN1C(=O)C(C)(C)[C@@](C)(c2cc(Cc3ccn[nH]3)ccc2F)N=C1N. The Hall–Kier alpha value is -2.70. The number of hydrogen-bond donors (Lipinski definition) is 2. The molecule has 3 rings (SSSR count). The zero-order valence-electron chi connectivity index (χ0n) is 14.8. The van der Waals surface area contributed by atoms with Crippen LogP contribution in [0.2, 0.25) is 0 Å². The van der Waals surface area contributed by atoms with Crippen molar-refractivity contribution in [3.05, 3.63) is 53.1 Å². The summed E-state index contributed by atoms with van der Waals surface area (Å²) in [5.41, 5.74) is 6.05. The Kier molecular flexibility index (Phi) is 3.89. The van der Waals surface area contributed by atoms with Gasteiger partial charge in [0.05, 0.1) is 5.41 Å². The van der Waals surface area contributed by atoms with Crippen LogP contribution in [0.3, 0.4) is 0 Å². The zero-order valence-corrected chi connectivity index (χ0v) is 14.8. The van der Waals surface area contributed by atoms with Crippen molar-refractivity contribution in [1.82, 2.24) is 15.1 Å². The monoisotopic (exact) mass is 343 g/mol. The van der Waals surface area contributed by atoms with Gasteiger partial charge in [-0.05, 0) is 38.5 Å². The van der Waals surface area contributed by atoms with E-state index in [0.29, 0.717) is 12.0 Å². The number of carbonyl (C=O) groups excluding carboxylic acids is 1. The van der Waals surface area contributed by atoms with Gasteiger partial charge in [-0.1, -0.05) is 12.1 Å². The van der Waals surface area contributed by atoms with Crippen LogP contribution in [0.4, 0.5) is 4.39 Å². The molecule has 7 heteroatoms. The summed E-state index contributed by atoms with van der Waals surface area (Å²) in [5, 5.41) is 6.82. The number of aromatic amines is 1. The van der Waals surface area contributed by atoms with Gasteiger partial charge in [-0.3, -0.25) is 14.8 Å². The lowest BCUT2D eigenvalue weighted by Crippen LogP contribution is -2.58. The van der Waals surface area contributed by atoms with E-state index in [1.165, 1.54) is 11.0 Å². The Labute approximate surface area is 145 Å². The van der Waals surface area contributed by atoms with Crippen LogP contribution in [0.1, 0.15) is 37.6 Å². The second kappa shape index (κ2) is 5.68. The predicted octanol–water partition coefficient (Wildman–Crippen LogP) is 2.17. The van der Waals surface area contributed by atoms with Crippen molar-refractivity contribution in [3.63, 3.8) is 0 Å². The molecule has 1 amide bonds. The van der Waals surface area contributed by atoms with Gasteiger partial charge < -0.3 is 5.73 Å². The summed E-state index contributed by atoms with van der Waals surface area (Å²) in [6, 6.07) is 6.76. The minimum atomic E-state index is -1.10. The fourth-order valence-electron chi connectivity index (χ4n) is 3.23. The van der Waals surface area contributed by atoms with E-state index in [9.17, 15) is 9.18 Å². The van der Waals surface area contributed by atoms with Crippen molar-refractivity contribution in [2.75, 3.05) is 7.05 Å². The molecule has 1 aliphatic heterocycles. The third kappa shape index (κ3) is 2.59. The maximum Gasteiger partial charge on any atom is 0.237 e. The van der Waals surface area contributed by atoms with E-state index in [1.54, 1.807) is 46.1 Å². The largest absolute Gasteiger partial charge is 0.369 e. The average molecular weight is 343 g/mol. The van der Waals surface area contributed by atoms with E-state index in [2.05, 4.69) is 15.2 Å². The highest BCUT2D eigenvalue weighted by atomic mass is 19.1. The quantitative estimate of drug-likeness (QED) is 0.895. The number of guanidine groups is 1. The summed E-state index contributed by atoms with van der Waals surface area (Å²) in [7, 11) is 1.58. The normalized spacial score (nSPS) is 22.8. The highest BCUT2D eigenvalue weighted by Crippen LogP contribution is 2.47. The van der Waals surface area contributed by atoms with Crippen LogP contribution < -0.4 is 5.73 Å². The van der Waals surface area contributed by atoms with E-state index in [0.717, 1.165) is 11.3 Å². The summed E-state index contributed by atoms with van der Waals surface area (Å²) in [6.07, 6.45) is 2.25. The van der Waals surface area contributed by atoms with Crippen LogP contribution in [-0.4, -0.2) is 34.0 Å². The molecular formula is C18H22FN5O. The first-order valence-electron chi connectivity index (χ1n) is 8.07.